The minimum absolute atomic E-state index is 0.223. The van der Waals surface area contributed by atoms with Crippen molar-refractivity contribution in [2.45, 2.75) is 19.7 Å². The maximum atomic E-state index is 12.3. The number of nitro groups is 1. The Morgan fingerprint density at radius 2 is 2.08 bits per heavy atom. The first-order valence-corrected chi connectivity index (χ1v) is 6.71. The van der Waals surface area contributed by atoms with Crippen LogP contribution in [0.5, 0.6) is 5.75 Å². The lowest BCUT2D eigenvalue weighted by atomic mass is 9.83. The van der Waals surface area contributed by atoms with E-state index in [2.05, 4.69) is 9.72 Å². The lowest BCUT2D eigenvalue weighted by Crippen LogP contribution is -2.37. The summed E-state index contributed by atoms with van der Waals surface area (Å²) in [5.74, 6) is -1.82. The van der Waals surface area contributed by atoms with Gasteiger partial charge in [0.2, 0.25) is 6.54 Å². The summed E-state index contributed by atoms with van der Waals surface area (Å²) < 4.78 is 40.8. The molecule has 0 spiro atoms. The number of alkyl halides is 3. The largest absolute Gasteiger partial charge is 0.573 e. The van der Waals surface area contributed by atoms with Crippen molar-refractivity contribution in [3.05, 3.63) is 40.1 Å². The second-order valence-corrected chi connectivity index (χ2v) is 5.60. The molecule has 24 heavy (non-hydrogen) atoms. The van der Waals surface area contributed by atoms with Gasteiger partial charge in [-0.15, -0.1) is 13.2 Å². The number of aliphatic carboxylic acids is 1. The number of fused-ring (bicyclic) bond motifs is 1. The standard InChI is InChI=1S/C14H13F3N2O5/c1-13(12(20)21,7-19(22)23)5-8-6-18-11-3-2-9(4-10(8)11)24-14(15,16)17/h2-4,6,18H,5,7H2,1H3,(H,20,21). The van der Waals surface area contributed by atoms with E-state index < -0.39 is 35.0 Å². The highest BCUT2D eigenvalue weighted by molar-refractivity contribution is 5.85. The molecule has 0 aliphatic rings. The molecule has 1 aromatic heterocycles. The number of nitrogens with zero attached hydrogens (tertiary/aromatic N) is 1. The number of benzene rings is 1. The average molecular weight is 346 g/mol. The molecular weight excluding hydrogens is 333 g/mol. The minimum Gasteiger partial charge on any atom is -0.481 e. The van der Waals surface area contributed by atoms with Gasteiger partial charge in [-0.3, -0.25) is 14.9 Å². The van der Waals surface area contributed by atoms with E-state index in [-0.39, 0.29) is 6.42 Å². The molecule has 0 saturated heterocycles. The normalized spacial score (nSPS) is 14.3. The Kier molecular flexibility index (Phi) is 4.41. The second kappa shape index (κ2) is 6.02. The maximum Gasteiger partial charge on any atom is 0.573 e. The molecule has 0 bridgehead atoms. The Morgan fingerprint density at radius 1 is 1.42 bits per heavy atom. The second-order valence-electron chi connectivity index (χ2n) is 5.60. The third-order valence-electron chi connectivity index (χ3n) is 3.55. The molecule has 1 heterocycles. The predicted octanol–water partition coefficient (Wildman–Crippen LogP) is 2.98. The fraction of sp³-hybridized carbons (Fsp3) is 0.357. The van der Waals surface area contributed by atoms with Crippen LogP contribution in [0.3, 0.4) is 0 Å². The summed E-state index contributed by atoms with van der Waals surface area (Å²) >= 11 is 0. The summed E-state index contributed by atoms with van der Waals surface area (Å²) in [6.45, 7) is 0.404. The summed E-state index contributed by atoms with van der Waals surface area (Å²) in [5, 5.41) is 20.3. The van der Waals surface area contributed by atoms with Crippen LogP contribution in [0.4, 0.5) is 13.2 Å². The molecule has 0 aliphatic carbocycles. The van der Waals surface area contributed by atoms with Gasteiger partial charge >= 0.3 is 12.3 Å². The van der Waals surface area contributed by atoms with E-state index in [1.807, 2.05) is 0 Å². The van der Waals surface area contributed by atoms with Crippen molar-refractivity contribution < 1.29 is 32.7 Å². The van der Waals surface area contributed by atoms with E-state index in [9.17, 15) is 33.2 Å². The lowest BCUT2D eigenvalue weighted by Gasteiger charge is -2.19. The number of carboxylic acid groups (broad SMARTS) is 1. The van der Waals surface area contributed by atoms with Gasteiger partial charge in [0.25, 0.3) is 0 Å². The summed E-state index contributed by atoms with van der Waals surface area (Å²) in [4.78, 5) is 24.2. The van der Waals surface area contributed by atoms with Crippen LogP contribution in [0.2, 0.25) is 0 Å². The first kappa shape index (κ1) is 17.6. The third-order valence-corrected chi connectivity index (χ3v) is 3.55. The van der Waals surface area contributed by atoms with Crippen molar-refractivity contribution >= 4 is 16.9 Å². The van der Waals surface area contributed by atoms with E-state index in [0.717, 1.165) is 12.1 Å². The number of aromatic amines is 1. The van der Waals surface area contributed by atoms with Gasteiger partial charge in [0, 0.05) is 22.0 Å². The van der Waals surface area contributed by atoms with Gasteiger partial charge in [0.05, 0.1) is 0 Å². The molecule has 0 radical (unpaired) electrons. The van der Waals surface area contributed by atoms with Crippen LogP contribution in [0, 0.1) is 15.5 Å². The number of ether oxygens (including phenoxy) is 1. The average Bonchev–Trinajstić information content (AvgIpc) is 2.78. The number of rotatable bonds is 6. The molecule has 7 nitrogen and oxygen atoms in total. The monoisotopic (exact) mass is 346 g/mol. The van der Waals surface area contributed by atoms with Crippen molar-refractivity contribution in [1.29, 1.82) is 0 Å². The molecule has 1 aromatic carbocycles. The fourth-order valence-corrected chi connectivity index (χ4v) is 2.41. The van der Waals surface area contributed by atoms with Crippen LogP contribution >= 0.6 is 0 Å². The summed E-state index contributed by atoms with van der Waals surface area (Å²) in [6.07, 6.45) is -3.66. The zero-order valence-electron chi connectivity index (χ0n) is 12.4. The van der Waals surface area contributed by atoms with Gasteiger partial charge in [-0.2, -0.15) is 0 Å². The molecule has 10 heteroatoms. The van der Waals surface area contributed by atoms with Crippen molar-refractivity contribution in [3.63, 3.8) is 0 Å². The van der Waals surface area contributed by atoms with Crippen LogP contribution in [0.15, 0.2) is 24.4 Å². The predicted molar refractivity (Wildman–Crippen MR) is 76.3 cm³/mol. The molecule has 0 fully saturated rings. The Bertz CT molecular complexity index is 786. The third kappa shape index (κ3) is 3.94. The zero-order chi connectivity index (χ0) is 18.1. The Hall–Kier alpha value is -2.78. The van der Waals surface area contributed by atoms with E-state index in [1.165, 1.54) is 19.2 Å². The first-order valence-electron chi connectivity index (χ1n) is 6.71. The first-order chi connectivity index (χ1) is 11.0. The summed E-state index contributed by atoms with van der Waals surface area (Å²) in [7, 11) is 0. The molecule has 1 unspecified atom stereocenters. The molecule has 0 saturated carbocycles. The molecule has 2 rings (SSSR count). The van der Waals surface area contributed by atoms with Gasteiger partial charge in [0.1, 0.15) is 11.2 Å². The molecule has 1 atom stereocenters. The summed E-state index contributed by atoms with van der Waals surface area (Å²) in [6, 6.07) is 3.58. The van der Waals surface area contributed by atoms with Crippen LogP contribution < -0.4 is 4.74 Å². The van der Waals surface area contributed by atoms with Crippen LogP contribution in [-0.2, 0) is 11.2 Å². The van der Waals surface area contributed by atoms with Gasteiger partial charge in [-0.1, -0.05) is 0 Å². The van der Waals surface area contributed by atoms with E-state index in [0.29, 0.717) is 16.5 Å². The van der Waals surface area contributed by atoms with E-state index in [1.54, 1.807) is 0 Å². The molecular formula is C14H13F3N2O5. The van der Waals surface area contributed by atoms with Crippen molar-refractivity contribution in [2.24, 2.45) is 5.41 Å². The number of hydrogen-bond acceptors (Lipinski definition) is 4. The van der Waals surface area contributed by atoms with Crippen LogP contribution in [0.25, 0.3) is 10.9 Å². The topological polar surface area (TPSA) is 105 Å². The number of H-pyrrole nitrogens is 1. The van der Waals surface area contributed by atoms with Gasteiger partial charge in [-0.25, -0.2) is 0 Å². The van der Waals surface area contributed by atoms with Crippen molar-refractivity contribution in [2.75, 3.05) is 6.54 Å². The van der Waals surface area contributed by atoms with E-state index in [4.69, 9.17) is 0 Å². The molecule has 2 N–H and O–H groups in total. The number of hydrogen-bond donors (Lipinski definition) is 2. The zero-order valence-corrected chi connectivity index (χ0v) is 12.4. The van der Waals surface area contributed by atoms with Crippen molar-refractivity contribution in [1.82, 2.24) is 4.98 Å². The smallest absolute Gasteiger partial charge is 0.481 e. The highest BCUT2D eigenvalue weighted by Gasteiger charge is 2.39. The Balaban J connectivity index is 2.39. The Morgan fingerprint density at radius 3 is 2.62 bits per heavy atom. The SMILES string of the molecule is CC(Cc1c[nH]c2ccc(OC(F)(F)F)cc12)(C[N+](=O)[O-])C(=O)O. The molecule has 130 valence electrons. The number of nitrogens with one attached hydrogen (secondary N) is 1. The van der Waals surface area contributed by atoms with Crippen molar-refractivity contribution in [3.8, 4) is 5.75 Å². The summed E-state index contributed by atoms with van der Waals surface area (Å²) in [5.41, 5.74) is -0.878. The number of halogens is 3. The maximum absolute atomic E-state index is 12.3. The fourth-order valence-electron chi connectivity index (χ4n) is 2.41. The number of aromatic nitrogens is 1. The quantitative estimate of drug-likeness (QED) is 0.618. The highest BCUT2D eigenvalue weighted by Crippen LogP contribution is 2.32. The number of carbonyl (C=O) groups is 1. The van der Waals surface area contributed by atoms with Gasteiger partial charge < -0.3 is 14.8 Å². The highest BCUT2D eigenvalue weighted by atomic mass is 19.4. The lowest BCUT2D eigenvalue weighted by molar-refractivity contribution is -0.493. The molecule has 0 aliphatic heterocycles. The minimum atomic E-state index is -4.86. The van der Waals surface area contributed by atoms with Crippen LogP contribution in [-0.4, -0.2) is 33.9 Å². The van der Waals surface area contributed by atoms with Crippen LogP contribution in [0.1, 0.15) is 12.5 Å². The van der Waals surface area contributed by atoms with Gasteiger partial charge in [-0.05, 0) is 37.1 Å². The number of carboxylic acids is 1. The Labute approximate surface area is 133 Å². The van der Waals surface area contributed by atoms with E-state index >= 15 is 0 Å². The molecule has 0 amide bonds. The van der Waals surface area contributed by atoms with Gasteiger partial charge in [0.15, 0.2) is 0 Å². The molecule has 2 aromatic rings.